The fourth-order valence-corrected chi connectivity index (χ4v) is 4.09. The summed E-state index contributed by atoms with van der Waals surface area (Å²) >= 11 is 0. The van der Waals surface area contributed by atoms with Gasteiger partial charge in [-0.05, 0) is 43.7 Å². The van der Waals surface area contributed by atoms with Crippen LogP contribution in [-0.4, -0.2) is 39.2 Å². The van der Waals surface area contributed by atoms with Gasteiger partial charge in [-0.1, -0.05) is 30.3 Å². The van der Waals surface area contributed by atoms with Crippen molar-refractivity contribution in [2.24, 2.45) is 0 Å². The third kappa shape index (κ3) is 3.36. The molecule has 0 unspecified atom stereocenters. The Labute approximate surface area is 189 Å². The molecule has 0 atom stereocenters. The van der Waals surface area contributed by atoms with E-state index in [0.717, 1.165) is 10.5 Å². The van der Waals surface area contributed by atoms with Crippen molar-refractivity contribution in [3.05, 3.63) is 88.7 Å². The number of benzene rings is 2. The van der Waals surface area contributed by atoms with Gasteiger partial charge in [0.25, 0.3) is 11.8 Å². The molecule has 2 aromatic carbocycles. The van der Waals surface area contributed by atoms with E-state index in [1.807, 2.05) is 30.3 Å². The fourth-order valence-electron chi connectivity index (χ4n) is 4.09. The van der Waals surface area contributed by atoms with E-state index in [1.165, 1.54) is 18.3 Å². The van der Waals surface area contributed by atoms with Crippen LogP contribution in [0.25, 0.3) is 11.0 Å². The Balaban J connectivity index is 1.53. The topological polar surface area (TPSA) is 94.4 Å². The zero-order valence-electron chi connectivity index (χ0n) is 18.1. The molecule has 8 heteroatoms. The van der Waals surface area contributed by atoms with Gasteiger partial charge in [-0.2, -0.15) is 5.10 Å². The van der Waals surface area contributed by atoms with Gasteiger partial charge < -0.3 is 4.74 Å². The van der Waals surface area contributed by atoms with E-state index in [2.05, 4.69) is 10.1 Å². The molecule has 3 heterocycles. The summed E-state index contributed by atoms with van der Waals surface area (Å²) in [5, 5.41) is 5.17. The molecule has 0 saturated carbocycles. The van der Waals surface area contributed by atoms with Gasteiger partial charge in [0.2, 0.25) is 0 Å². The minimum atomic E-state index is -0.459. The summed E-state index contributed by atoms with van der Waals surface area (Å²) in [5.41, 5.74) is 3.49. The molecule has 8 nitrogen and oxygen atoms in total. The van der Waals surface area contributed by atoms with Crippen molar-refractivity contribution in [3.8, 4) is 0 Å². The number of nitrogens with zero attached hydrogens (tertiary/aromatic N) is 4. The number of carbonyl (C=O) groups is 3. The molecule has 1 aliphatic heterocycles. The van der Waals surface area contributed by atoms with Crippen LogP contribution in [0.1, 0.15) is 49.3 Å². The molecule has 0 fully saturated rings. The Bertz CT molecular complexity index is 1410. The fraction of sp³-hybridized carbons (Fsp3) is 0.160. The molecular formula is C25H20N4O4. The molecule has 0 radical (unpaired) electrons. The molecule has 0 aliphatic carbocycles. The highest BCUT2D eigenvalue weighted by Crippen LogP contribution is 2.34. The lowest BCUT2D eigenvalue weighted by atomic mass is 10.1. The molecule has 0 N–H and O–H groups in total. The Kier molecular flexibility index (Phi) is 4.97. The molecule has 164 valence electrons. The van der Waals surface area contributed by atoms with Gasteiger partial charge in [-0.25, -0.2) is 19.4 Å². The van der Waals surface area contributed by atoms with E-state index in [-0.39, 0.29) is 12.2 Å². The number of aryl methyl sites for hydroxylation is 1. The van der Waals surface area contributed by atoms with E-state index in [1.54, 1.807) is 30.7 Å². The van der Waals surface area contributed by atoms with Crippen LogP contribution in [0.3, 0.4) is 0 Å². The molecular weight excluding hydrogens is 420 g/mol. The van der Waals surface area contributed by atoms with Gasteiger partial charge in [-0.15, -0.1) is 0 Å². The molecule has 33 heavy (non-hydrogen) atoms. The number of hydrogen-bond donors (Lipinski definition) is 0. The molecule has 0 spiro atoms. The smallest absolute Gasteiger partial charge is 0.338 e. The van der Waals surface area contributed by atoms with Crippen molar-refractivity contribution in [2.45, 2.75) is 20.4 Å². The minimum Gasteiger partial charge on any atom is -0.462 e. The second-order valence-electron chi connectivity index (χ2n) is 7.69. The normalized spacial score (nSPS) is 13.0. The van der Waals surface area contributed by atoms with Crippen LogP contribution >= 0.6 is 0 Å². The van der Waals surface area contributed by atoms with Crippen LogP contribution in [0.5, 0.6) is 0 Å². The van der Waals surface area contributed by atoms with E-state index < -0.39 is 17.8 Å². The summed E-state index contributed by atoms with van der Waals surface area (Å²) in [6.07, 6.45) is 1.44. The van der Waals surface area contributed by atoms with Crippen LogP contribution in [0, 0.1) is 6.92 Å². The van der Waals surface area contributed by atoms with Gasteiger partial charge in [0.05, 0.1) is 46.6 Å². The highest BCUT2D eigenvalue weighted by Gasteiger charge is 2.40. The number of ether oxygens (including phenoxy) is 1. The molecule has 5 rings (SSSR count). The predicted molar refractivity (Wildman–Crippen MR) is 121 cm³/mol. The van der Waals surface area contributed by atoms with Crippen LogP contribution < -0.4 is 4.90 Å². The first kappa shape index (κ1) is 20.6. The van der Waals surface area contributed by atoms with E-state index in [9.17, 15) is 14.4 Å². The van der Waals surface area contributed by atoms with Crippen LogP contribution in [0.2, 0.25) is 0 Å². The molecule has 2 aromatic heterocycles. The number of esters is 1. The van der Waals surface area contributed by atoms with Crippen molar-refractivity contribution in [1.82, 2.24) is 14.8 Å². The van der Waals surface area contributed by atoms with E-state index in [4.69, 9.17) is 4.74 Å². The van der Waals surface area contributed by atoms with Crippen molar-refractivity contribution in [1.29, 1.82) is 0 Å². The number of hydrogen-bond acceptors (Lipinski definition) is 6. The Morgan fingerprint density at radius 2 is 1.73 bits per heavy atom. The zero-order chi connectivity index (χ0) is 23.1. The predicted octanol–water partition coefficient (Wildman–Crippen LogP) is 3.77. The van der Waals surface area contributed by atoms with Gasteiger partial charge in [-0.3, -0.25) is 9.59 Å². The maximum absolute atomic E-state index is 13.4. The lowest BCUT2D eigenvalue weighted by Gasteiger charge is -2.14. The summed E-state index contributed by atoms with van der Waals surface area (Å²) in [7, 11) is 0. The molecule has 1 aliphatic rings. The van der Waals surface area contributed by atoms with Gasteiger partial charge in [0.1, 0.15) is 0 Å². The highest BCUT2D eigenvalue weighted by atomic mass is 16.5. The summed E-state index contributed by atoms with van der Waals surface area (Å²) < 4.78 is 6.73. The number of amides is 2. The first-order valence-electron chi connectivity index (χ1n) is 10.6. The molecule has 0 bridgehead atoms. The van der Waals surface area contributed by atoms with Crippen molar-refractivity contribution in [3.63, 3.8) is 0 Å². The SMILES string of the molecule is CCOC(=O)c1ccc(N2C(=O)c3cnc4c(c(C)nn4Cc4ccccc4)c3C2=O)cc1. The summed E-state index contributed by atoms with van der Waals surface area (Å²) in [6.45, 7) is 4.29. The Hall–Kier alpha value is -4.33. The summed E-state index contributed by atoms with van der Waals surface area (Å²) in [4.78, 5) is 44.0. The molecule has 4 aromatic rings. The third-order valence-corrected chi connectivity index (χ3v) is 5.60. The number of anilines is 1. The summed E-state index contributed by atoms with van der Waals surface area (Å²) in [6, 6.07) is 16.0. The van der Waals surface area contributed by atoms with E-state index >= 15 is 0 Å². The van der Waals surface area contributed by atoms with E-state index in [0.29, 0.717) is 40.1 Å². The lowest BCUT2D eigenvalue weighted by molar-refractivity contribution is 0.0526. The Morgan fingerprint density at radius 1 is 1.00 bits per heavy atom. The average Bonchev–Trinajstić information content (AvgIpc) is 3.27. The number of carbonyl (C=O) groups excluding carboxylic acids is 3. The van der Waals surface area contributed by atoms with Gasteiger partial charge in [0, 0.05) is 6.20 Å². The Morgan fingerprint density at radius 3 is 2.42 bits per heavy atom. The molecule has 0 saturated heterocycles. The average molecular weight is 440 g/mol. The number of rotatable bonds is 5. The van der Waals surface area contributed by atoms with Crippen LogP contribution in [-0.2, 0) is 11.3 Å². The van der Waals surface area contributed by atoms with Gasteiger partial charge in [0.15, 0.2) is 5.65 Å². The summed E-state index contributed by atoms with van der Waals surface area (Å²) in [5.74, 6) is -1.35. The van der Waals surface area contributed by atoms with Gasteiger partial charge >= 0.3 is 5.97 Å². The highest BCUT2D eigenvalue weighted by molar-refractivity contribution is 6.37. The maximum atomic E-state index is 13.4. The second kappa shape index (κ2) is 7.98. The minimum absolute atomic E-state index is 0.240. The van der Waals surface area contributed by atoms with Crippen LogP contribution in [0.15, 0.2) is 60.8 Å². The zero-order valence-corrected chi connectivity index (χ0v) is 18.1. The van der Waals surface area contributed by atoms with Crippen molar-refractivity contribution >= 4 is 34.5 Å². The first-order valence-corrected chi connectivity index (χ1v) is 10.6. The maximum Gasteiger partial charge on any atom is 0.338 e. The number of fused-ring (bicyclic) bond motifs is 3. The first-order chi connectivity index (χ1) is 16.0. The largest absolute Gasteiger partial charge is 0.462 e. The lowest BCUT2D eigenvalue weighted by Crippen LogP contribution is -2.29. The van der Waals surface area contributed by atoms with Crippen LogP contribution in [0.4, 0.5) is 5.69 Å². The third-order valence-electron chi connectivity index (χ3n) is 5.60. The number of pyridine rings is 1. The second-order valence-corrected chi connectivity index (χ2v) is 7.69. The van der Waals surface area contributed by atoms with Crippen molar-refractivity contribution in [2.75, 3.05) is 11.5 Å². The number of imide groups is 1. The quantitative estimate of drug-likeness (QED) is 0.346. The molecule has 2 amide bonds. The van der Waals surface area contributed by atoms with Crippen molar-refractivity contribution < 1.29 is 19.1 Å². The monoisotopic (exact) mass is 440 g/mol. The standard InChI is InChI=1S/C25H20N4O4/c1-3-33-25(32)17-9-11-18(12-10-17)29-23(30)19-13-26-22-20(21(19)24(29)31)15(2)27-28(22)14-16-7-5-4-6-8-16/h4-13H,3,14H2,1-2H3. The number of aromatic nitrogens is 3.